The van der Waals surface area contributed by atoms with Crippen LogP contribution < -0.4 is 11.1 Å². The number of carbonyl (C=O) groups is 1. The van der Waals surface area contributed by atoms with Gasteiger partial charge in [0.15, 0.2) is 11.5 Å². The predicted molar refractivity (Wildman–Crippen MR) is 80.1 cm³/mol. The summed E-state index contributed by atoms with van der Waals surface area (Å²) in [5.74, 6) is -0.923. The number of hydrogen-bond donors (Lipinski definition) is 3. The van der Waals surface area contributed by atoms with Gasteiger partial charge >= 0.3 is 5.97 Å². The third kappa shape index (κ3) is 2.95. The Morgan fingerprint density at radius 1 is 1.30 bits per heavy atom. The van der Waals surface area contributed by atoms with Crippen LogP contribution in [0, 0.1) is 6.92 Å². The second-order valence-corrected chi connectivity index (χ2v) is 4.96. The first-order valence-corrected chi connectivity index (χ1v) is 6.36. The van der Waals surface area contributed by atoms with Gasteiger partial charge in [0.25, 0.3) is 0 Å². The zero-order chi connectivity index (χ0) is 14.9. The van der Waals surface area contributed by atoms with Crippen molar-refractivity contribution in [1.29, 1.82) is 0 Å². The second kappa shape index (κ2) is 5.56. The Hall–Kier alpha value is -1.98. The molecular formula is C13H11Cl2N3O2. The van der Waals surface area contributed by atoms with E-state index in [1.54, 1.807) is 12.1 Å². The summed E-state index contributed by atoms with van der Waals surface area (Å²) in [4.78, 5) is 14.8. The number of pyridine rings is 1. The van der Waals surface area contributed by atoms with E-state index < -0.39 is 5.97 Å². The molecule has 0 radical (unpaired) electrons. The highest BCUT2D eigenvalue weighted by Crippen LogP contribution is 2.32. The van der Waals surface area contributed by atoms with Crippen molar-refractivity contribution in [3.05, 3.63) is 45.6 Å². The number of hydrogen-bond acceptors (Lipinski definition) is 4. The molecule has 0 aliphatic heterocycles. The summed E-state index contributed by atoms with van der Waals surface area (Å²) in [5.41, 5.74) is 7.29. The molecule has 0 unspecified atom stereocenters. The minimum atomic E-state index is -1.14. The zero-order valence-corrected chi connectivity index (χ0v) is 12.0. The topological polar surface area (TPSA) is 88.2 Å². The number of nitrogens with two attached hydrogens (primary N) is 1. The van der Waals surface area contributed by atoms with E-state index in [1.807, 2.05) is 6.92 Å². The van der Waals surface area contributed by atoms with E-state index >= 15 is 0 Å². The smallest absolute Gasteiger partial charge is 0.354 e. The van der Waals surface area contributed by atoms with Crippen LogP contribution in [0.5, 0.6) is 0 Å². The van der Waals surface area contributed by atoms with E-state index in [0.29, 0.717) is 21.4 Å². The SMILES string of the molecule is Cc1cc(Cl)c(Nc2nc(C(=O)O)ccc2N)cc1Cl. The van der Waals surface area contributed by atoms with Crippen LogP contribution in [0.3, 0.4) is 0 Å². The van der Waals surface area contributed by atoms with Crippen LogP contribution in [0.25, 0.3) is 0 Å². The highest BCUT2D eigenvalue weighted by molar-refractivity contribution is 6.35. The number of carboxylic acids is 1. The molecule has 2 rings (SSSR count). The molecule has 0 spiro atoms. The molecule has 0 atom stereocenters. The highest BCUT2D eigenvalue weighted by Gasteiger charge is 2.11. The second-order valence-electron chi connectivity index (χ2n) is 4.15. The Morgan fingerprint density at radius 2 is 2.00 bits per heavy atom. The molecule has 5 nitrogen and oxygen atoms in total. The van der Waals surface area contributed by atoms with Crippen LogP contribution in [0.4, 0.5) is 17.2 Å². The van der Waals surface area contributed by atoms with Gasteiger partial charge in [0.2, 0.25) is 0 Å². The number of anilines is 3. The first-order chi connectivity index (χ1) is 9.38. The van der Waals surface area contributed by atoms with Gasteiger partial charge in [-0.05, 0) is 36.8 Å². The lowest BCUT2D eigenvalue weighted by Gasteiger charge is -2.12. The summed E-state index contributed by atoms with van der Waals surface area (Å²) in [6, 6.07) is 6.12. The quantitative estimate of drug-likeness (QED) is 0.804. The van der Waals surface area contributed by atoms with E-state index in [9.17, 15) is 4.79 Å². The number of nitrogens with one attached hydrogen (secondary N) is 1. The molecule has 0 saturated carbocycles. The molecule has 104 valence electrons. The maximum absolute atomic E-state index is 10.9. The van der Waals surface area contributed by atoms with Gasteiger partial charge in [-0.25, -0.2) is 9.78 Å². The minimum Gasteiger partial charge on any atom is -0.477 e. The molecule has 0 amide bonds. The molecule has 20 heavy (non-hydrogen) atoms. The van der Waals surface area contributed by atoms with Gasteiger partial charge in [0, 0.05) is 5.02 Å². The molecule has 7 heteroatoms. The third-order valence-corrected chi connectivity index (χ3v) is 3.37. The van der Waals surface area contributed by atoms with Crippen molar-refractivity contribution in [2.45, 2.75) is 6.92 Å². The standard InChI is InChI=1S/C13H11Cl2N3O2/c1-6-4-8(15)11(5-7(6)14)18-12-9(16)2-3-10(17-12)13(19)20/h2-5H,16H2,1H3,(H,17,18)(H,19,20). The van der Waals surface area contributed by atoms with Crippen LogP contribution in [-0.2, 0) is 0 Å². The number of benzene rings is 1. The fourth-order valence-corrected chi connectivity index (χ4v) is 1.99. The number of rotatable bonds is 3. The van der Waals surface area contributed by atoms with Gasteiger partial charge < -0.3 is 16.2 Å². The van der Waals surface area contributed by atoms with Gasteiger partial charge in [-0.1, -0.05) is 23.2 Å². The van der Waals surface area contributed by atoms with E-state index in [2.05, 4.69) is 10.3 Å². The largest absolute Gasteiger partial charge is 0.477 e. The lowest BCUT2D eigenvalue weighted by Crippen LogP contribution is -2.06. The number of carboxylic acid groups (broad SMARTS) is 1. The summed E-state index contributed by atoms with van der Waals surface area (Å²) >= 11 is 12.1. The first-order valence-electron chi connectivity index (χ1n) is 5.61. The lowest BCUT2D eigenvalue weighted by atomic mass is 10.2. The van der Waals surface area contributed by atoms with Gasteiger partial charge in [-0.2, -0.15) is 0 Å². The number of aromatic carboxylic acids is 1. The van der Waals surface area contributed by atoms with Crippen molar-refractivity contribution in [3.8, 4) is 0 Å². The van der Waals surface area contributed by atoms with Gasteiger partial charge in [0.1, 0.15) is 0 Å². The minimum absolute atomic E-state index is 0.115. The fraction of sp³-hybridized carbons (Fsp3) is 0.0769. The average molecular weight is 312 g/mol. The van der Waals surface area contributed by atoms with E-state index in [0.717, 1.165) is 5.56 Å². The van der Waals surface area contributed by atoms with Gasteiger partial charge in [-0.3, -0.25) is 0 Å². The third-order valence-electron chi connectivity index (χ3n) is 2.65. The zero-order valence-electron chi connectivity index (χ0n) is 10.4. The number of nitrogen functional groups attached to an aromatic ring is 1. The van der Waals surface area contributed by atoms with Crippen molar-refractivity contribution < 1.29 is 9.90 Å². The molecule has 0 saturated heterocycles. The summed E-state index contributed by atoms with van der Waals surface area (Å²) in [6.07, 6.45) is 0. The van der Waals surface area contributed by atoms with Crippen LogP contribution >= 0.6 is 23.2 Å². The monoisotopic (exact) mass is 311 g/mol. The molecule has 1 heterocycles. The maximum Gasteiger partial charge on any atom is 0.354 e. The average Bonchev–Trinajstić information content (AvgIpc) is 2.38. The van der Waals surface area contributed by atoms with Crippen LogP contribution in [0.15, 0.2) is 24.3 Å². The molecule has 1 aromatic carbocycles. The van der Waals surface area contributed by atoms with Gasteiger partial charge in [-0.15, -0.1) is 0 Å². The van der Waals surface area contributed by atoms with Crippen molar-refractivity contribution in [3.63, 3.8) is 0 Å². The molecule has 2 aromatic rings. The van der Waals surface area contributed by atoms with E-state index in [1.165, 1.54) is 12.1 Å². The molecule has 0 bridgehead atoms. The predicted octanol–water partition coefficient (Wildman–Crippen LogP) is 3.72. The summed E-state index contributed by atoms with van der Waals surface area (Å²) in [5, 5.41) is 12.8. The molecule has 0 aliphatic rings. The van der Waals surface area contributed by atoms with Crippen molar-refractivity contribution in [1.82, 2.24) is 4.98 Å². The van der Waals surface area contributed by atoms with Crippen LogP contribution in [-0.4, -0.2) is 16.1 Å². The van der Waals surface area contributed by atoms with E-state index in [-0.39, 0.29) is 11.5 Å². The normalized spacial score (nSPS) is 10.3. The fourth-order valence-electron chi connectivity index (χ4n) is 1.56. The number of aryl methyl sites for hydroxylation is 1. The Balaban J connectivity index is 2.42. The van der Waals surface area contributed by atoms with Crippen molar-refractivity contribution in [2.75, 3.05) is 11.1 Å². The van der Waals surface area contributed by atoms with Gasteiger partial charge in [0.05, 0.1) is 16.4 Å². The van der Waals surface area contributed by atoms with E-state index in [4.69, 9.17) is 34.0 Å². The summed E-state index contributed by atoms with van der Waals surface area (Å²) < 4.78 is 0. The Kier molecular flexibility index (Phi) is 4.01. The van der Waals surface area contributed by atoms with Crippen molar-refractivity contribution >= 4 is 46.4 Å². The first kappa shape index (κ1) is 14.4. The summed E-state index contributed by atoms with van der Waals surface area (Å²) in [6.45, 7) is 1.83. The Morgan fingerprint density at radius 3 is 2.65 bits per heavy atom. The highest BCUT2D eigenvalue weighted by atomic mass is 35.5. The van der Waals surface area contributed by atoms with Crippen LogP contribution in [0.2, 0.25) is 10.0 Å². The lowest BCUT2D eigenvalue weighted by molar-refractivity contribution is 0.0690. The molecule has 1 aromatic heterocycles. The molecule has 0 aliphatic carbocycles. The molecule has 0 fully saturated rings. The number of aromatic nitrogens is 1. The number of nitrogens with zero attached hydrogens (tertiary/aromatic N) is 1. The van der Waals surface area contributed by atoms with Crippen LogP contribution in [0.1, 0.15) is 16.1 Å². The summed E-state index contributed by atoms with van der Waals surface area (Å²) in [7, 11) is 0. The Labute approximate surface area is 125 Å². The van der Waals surface area contributed by atoms with Crippen molar-refractivity contribution in [2.24, 2.45) is 0 Å². The Bertz CT molecular complexity index is 690. The molecular weight excluding hydrogens is 301 g/mol. The molecule has 4 N–H and O–H groups in total. The number of halogens is 2. The maximum atomic E-state index is 10.9.